The van der Waals surface area contributed by atoms with E-state index in [1.54, 1.807) is 0 Å². The number of ether oxygens (including phenoxy) is 1. The van der Waals surface area contributed by atoms with Gasteiger partial charge >= 0.3 is 0 Å². The van der Waals surface area contributed by atoms with Crippen molar-refractivity contribution >= 4 is 21.6 Å². The maximum absolute atomic E-state index is 12.5. The van der Waals surface area contributed by atoms with Crippen molar-refractivity contribution in [1.82, 2.24) is 4.98 Å². The monoisotopic (exact) mass is 272 g/mol. The van der Waals surface area contributed by atoms with E-state index in [0.717, 1.165) is 13.2 Å². The fourth-order valence-corrected chi connectivity index (χ4v) is 2.08. The predicted molar refractivity (Wildman–Crippen MR) is 52.1 cm³/mol. The second-order valence-corrected chi connectivity index (χ2v) is 4.62. The number of nitrogens with zero attached hydrogens (tertiary/aromatic N) is 1. The van der Waals surface area contributed by atoms with Crippen molar-refractivity contribution < 1.29 is 21.9 Å². The Labute approximate surface area is 95.2 Å². The molecule has 16 heavy (non-hydrogen) atoms. The van der Waals surface area contributed by atoms with E-state index in [0.29, 0.717) is 0 Å². The van der Waals surface area contributed by atoms with Crippen molar-refractivity contribution in [3.63, 3.8) is 0 Å². The van der Waals surface area contributed by atoms with Crippen LogP contribution in [0.4, 0.5) is 8.78 Å². The summed E-state index contributed by atoms with van der Waals surface area (Å²) in [6, 6.07) is 0.879. The second-order valence-electron chi connectivity index (χ2n) is 2.71. The van der Waals surface area contributed by atoms with Crippen molar-refractivity contribution in [3.8, 4) is 5.88 Å². The lowest BCUT2D eigenvalue weighted by Gasteiger charge is -2.09. The van der Waals surface area contributed by atoms with Crippen LogP contribution in [0.15, 0.2) is 11.0 Å². The summed E-state index contributed by atoms with van der Waals surface area (Å²) < 4.78 is 51.6. The van der Waals surface area contributed by atoms with Crippen molar-refractivity contribution in [2.24, 2.45) is 5.14 Å². The molecule has 1 aromatic rings. The van der Waals surface area contributed by atoms with Crippen LogP contribution in [0, 0.1) is 0 Å². The highest BCUT2D eigenvalue weighted by atomic mass is 35.5. The molecular weight excluding hydrogens is 266 g/mol. The Balaban J connectivity index is 3.56. The van der Waals surface area contributed by atoms with E-state index < -0.39 is 32.1 Å². The summed E-state index contributed by atoms with van der Waals surface area (Å²) >= 11 is 5.46. The average molecular weight is 273 g/mol. The van der Waals surface area contributed by atoms with Gasteiger partial charge in [-0.15, -0.1) is 0 Å². The summed E-state index contributed by atoms with van der Waals surface area (Å²) in [5.41, 5.74) is -0.884. The first-order valence-corrected chi connectivity index (χ1v) is 5.75. The molecule has 0 saturated carbocycles. The molecule has 0 bridgehead atoms. The zero-order valence-electron chi connectivity index (χ0n) is 7.95. The summed E-state index contributed by atoms with van der Waals surface area (Å²) in [6.45, 7) is 0. The molecule has 0 aromatic carbocycles. The quantitative estimate of drug-likeness (QED) is 0.900. The first-order valence-electron chi connectivity index (χ1n) is 3.82. The summed E-state index contributed by atoms with van der Waals surface area (Å²) in [5.74, 6) is -0.302. The summed E-state index contributed by atoms with van der Waals surface area (Å²) in [7, 11) is -3.06. The third kappa shape index (κ3) is 2.57. The number of aromatic nitrogens is 1. The predicted octanol–water partition coefficient (Wildman–Crippen LogP) is 1.33. The first-order chi connectivity index (χ1) is 7.27. The highest BCUT2D eigenvalue weighted by Crippen LogP contribution is 2.32. The van der Waals surface area contributed by atoms with Gasteiger partial charge in [0.2, 0.25) is 15.9 Å². The molecule has 2 N–H and O–H groups in total. The van der Waals surface area contributed by atoms with Crippen molar-refractivity contribution in [3.05, 3.63) is 16.8 Å². The van der Waals surface area contributed by atoms with Gasteiger partial charge in [0, 0.05) is 6.07 Å². The number of hydrogen-bond donors (Lipinski definition) is 1. The minimum atomic E-state index is -4.21. The Hall–Kier alpha value is -0.990. The second kappa shape index (κ2) is 4.48. The molecule has 9 heteroatoms. The van der Waals surface area contributed by atoms with Gasteiger partial charge in [0.25, 0.3) is 6.43 Å². The molecule has 0 spiro atoms. The number of methoxy groups -OCH3 is 1. The van der Waals surface area contributed by atoms with Crippen LogP contribution in [0.3, 0.4) is 0 Å². The summed E-state index contributed by atoms with van der Waals surface area (Å²) in [5, 5.41) is 4.11. The van der Waals surface area contributed by atoms with E-state index in [-0.39, 0.29) is 5.88 Å². The van der Waals surface area contributed by atoms with E-state index in [1.807, 2.05) is 0 Å². The fourth-order valence-electron chi connectivity index (χ4n) is 0.958. The zero-order valence-corrected chi connectivity index (χ0v) is 9.52. The summed E-state index contributed by atoms with van der Waals surface area (Å²) in [4.78, 5) is 2.70. The van der Waals surface area contributed by atoms with Crippen LogP contribution in [0.5, 0.6) is 5.88 Å². The third-order valence-corrected chi connectivity index (χ3v) is 3.09. The van der Waals surface area contributed by atoms with Crippen molar-refractivity contribution in [1.29, 1.82) is 0 Å². The Morgan fingerprint density at radius 3 is 2.50 bits per heavy atom. The molecular formula is C7H7ClF2N2O3S. The first kappa shape index (κ1) is 13.1. The van der Waals surface area contributed by atoms with Gasteiger partial charge in [-0.3, -0.25) is 0 Å². The number of primary sulfonamides is 1. The maximum atomic E-state index is 12.5. The van der Waals surface area contributed by atoms with E-state index in [2.05, 4.69) is 9.72 Å². The molecule has 0 aliphatic heterocycles. The number of rotatable bonds is 3. The molecule has 5 nitrogen and oxygen atoms in total. The van der Waals surface area contributed by atoms with Gasteiger partial charge in [-0.05, 0) is 0 Å². The highest BCUT2D eigenvalue weighted by Gasteiger charge is 2.24. The maximum Gasteiger partial charge on any atom is 0.282 e. The molecule has 0 fully saturated rings. The largest absolute Gasteiger partial charge is 0.481 e. The van der Waals surface area contributed by atoms with Gasteiger partial charge in [0.15, 0.2) is 0 Å². The number of pyridine rings is 1. The van der Waals surface area contributed by atoms with Crippen LogP contribution >= 0.6 is 11.6 Å². The Morgan fingerprint density at radius 1 is 1.56 bits per heavy atom. The lowest BCUT2D eigenvalue weighted by molar-refractivity contribution is 0.144. The van der Waals surface area contributed by atoms with Gasteiger partial charge in [-0.2, -0.15) is 0 Å². The van der Waals surface area contributed by atoms with Gasteiger partial charge in [0.05, 0.1) is 12.1 Å². The number of halogens is 3. The number of sulfonamides is 1. The van der Waals surface area contributed by atoms with Crippen LogP contribution in [-0.2, 0) is 10.0 Å². The molecule has 1 rings (SSSR count). The molecule has 0 aliphatic rings. The minimum absolute atomic E-state index is 0.302. The van der Waals surface area contributed by atoms with Crippen LogP contribution < -0.4 is 9.88 Å². The van der Waals surface area contributed by atoms with Gasteiger partial charge < -0.3 is 4.74 Å². The molecule has 0 unspecified atom stereocenters. The molecule has 90 valence electrons. The molecule has 0 radical (unpaired) electrons. The zero-order chi connectivity index (χ0) is 12.5. The standard InChI is InChI=1S/C7H7ClF2N2O3S/c1-15-4-2-3(16(11,13)14)5(8)6(12-4)7(9)10/h2,7H,1H3,(H2,11,13,14). The molecule has 0 atom stereocenters. The number of hydrogen-bond acceptors (Lipinski definition) is 4. The van der Waals surface area contributed by atoms with Crippen LogP contribution in [-0.4, -0.2) is 20.5 Å². The van der Waals surface area contributed by atoms with E-state index in [9.17, 15) is 17.2 Å². The molecule has 0 aliphatic carbocycles. The van der Waals surface area contributed by atoms with Gasteiger partial charge in [-0.1, -0.05) is 11.6 Å². The van der Waals surface area contributed by atoms with E-state index in [4.69, 9.17) is 16.7 Å². The molecule has 1 heterocycles. The third-order valence-electron chi connectivity index (χ3n) is 1.65. The lowest BCUT2D eigenvalue weighted by atomic mass is 10.3. The molecule has 0 saturated heterocycles. The van der Waals surface area contributed by atoms with Gasteiger partial charge in [0.1, 0.15) is 10.6 Å². The molecule has 0 amide bonds. The van der Waals surface area contributed by atoms with Crippen molar-refractivity contribution in [2.45, 2.75) is 11.3 Å². The van der Waals surface area contributed by atoms with E-state index >= 15 is 0 Å². The SMILES string of the molecule is COc1cc(S(N)(=O)=O)c(Cl)c(C(F)F)n1. The fraction of sp³-hybridized carbons (Fsp3) is 0.286. The van der Waals surface area contributed by atoms with Crippen LogP contribution in [0.25, 0.3) is 0 Å². The highest BCUT2D eigenvalue weighted by molar-refractivity contribution is 7.89. The lowest BCUT2D eigenvalue weighted by Crippen LogP contribution is -2.14. The topological polar surface area (TPSA) is 82.3 Å². The molecule has 1 aromatic heterocycles. The van der Waals surface area contributed by atoms with Crippen molar-refractivity contribution in [2.75, 3.05) is 7.11 Å². The average Bonchev–Trinajstić information content (AvgIpc) is 2.15. The van der Waals surface area contributed by atoms with E-state index in [1.165, 1.54) is 0 Å². The Morgan fingerprint density at radius 2 is 2.12 bits per heavy atom. The number of alkyl halides is 2. The van der Waals surface area contributed by atoms with Crippen LogP contribution in [0.2, 0.25) is 5.02 Å². The number of nitrogens with two attached hydrogens (primary N) is 1. The normalized spacial score (nSPS) is 11.9. The van der Waals surface area contributed by atoms with Gasteiger partial charge in [-0.25, -0.2) is 27.3 Å². The Kier molecular flexibility index (Phi) is 3.66. The van der Waals surface area contributed by atoms with Crippen LogP contribution in [0.1, 0.15) is 12.1 Å². The smallest absolute Gasteiger partial charge is 0.282 e. The minimum Gasteiger partial charge on any atom is -0.481 e. The summed E-state index contributed by atoms with van der Waals surface area (Å²) in [6.07, 6.45) is -3.02. The Bertz CT molecular complexity index is 507.